The molecule has 0 saturated carbocycles. The molecule has 0 atom stereocenters. The number of ether oxygens (including phenoxy) is 1. The summed E-state index contributed by atoms with van der Waals surface area (Å²) in [6.07, 6.45) is 1.86. The summed E-state index contributed by atoms with van der Waals surface area (Å²) >= 11 is 0. The Morgan fingerprint density at radius 2 is 1.60 bits per heavy atom. The fourth-order valence-corrected chi connectivity index (χ4v) is 3.44. The third-order valence-corrected chi connectivity index (χ3v) is 4.95. The molecule has 5 heteroatoms. The van der Waals surface area contributed by atoms with E-state index in [2.05, 4.69) is 22.4 Å². The highest BCUT2D eigenvalue weighted by Crippen LogP contribution is 2.18. The lowest BCUT2D eigenvalue weighted by atomic mass is 10.1. The molecule has 0 aliphatic carbocycles. The van der Waals surface area contributed by atoms with Crippen LogP contribution in [0.1, 0.15) is 17.8 Å². The Morgan fingerprint density at radius 3 is 2.40 bits per heavy atom. The van der Waals surface area contributed by atoms with Gasteiger partial charge < -0.3 is 14.6 Å². The molecule has 5 nitrogen and oxygen atoms in total. The van der Waals surface area contributed by atoms with E-state index >= 15 is 0 Å². The van der Waals surface area contributed by atoms with Gasteiger partial charge in [-0.3, -0.25) is 4.79 Å². The first kappa shape index (κ1) is 19.7. The van der Waals surface area contributed by atoms with Crippen LogP contribution in [0.25, 0.3) is 11.0 Å². The highest BCUT2D eigenvalue weighted by molar-refractivity contribution is 5.81. The van der Waals surface area contributed by atoms with Crippen LogP contribution in [0.4, 0.5) is 0 Å². The van der Waals surface area contributed by atoms with Gasteiger partial charge in [-0.2, -0.15) is 0 Å². The number of aromatic nitrogens is 2. The number of aryl methyl sites for hydroxylation is 1. The van der Waals surface area contributed by atoms with Crippen LogP contribution in [-0.2, 0) is 24.4 Å². The van der Waals surface area contributed by atoms with Gasteiger partial charge in [-0.05, 0) is 42.7 Å². The van der Waals surface area contributed by atoms with Gasteiger partial charge in [0.1, 0.15) is 24.7 Å². The quantitative estimate of drug-likeness (QED) is 0.425. The smallest absolute Gasteiger partial charge is 0.240 e. The number of para-hydroxylation sites is 3. The maximum Gasteiger partial charge on any atom is 0.240 e. The Kier molecular flexibility index (Phi) is 6.40. The standard InChI is InChI=1S/C25H25N3O2/c29-25(26-17-9-12-20-10-3-1-4-11-20)18-28-23-16-8-7-15-22(23)27-24(28)19-30-21-13-5-2-6-14-21/h1-8,10-11,13-16H,9,12,17-19H2,(H,26,29). The van der Waals surface area contributed by atoms with Gasteiger partial charge >= 0.3 is 0 Å². The largest absolute Gasteiger partial charge is 0.486 e. The fourth-order valence-electron chi connectivity index (χ4n) is 3.44. The molecule has 4 rings (SSSR count). The summed E-state index contributed by atoms with van der Waals surface area (Å²) in [7, 11) is 0. The Hall–Kier alpha value is -3.60. The van der Waals surface area contributed by atoms with E-state index in [0.29, 0.717) is 13.2 Å². The molecule has 4 aromatic rings. The maximum absolute atomic E-state index is 12.6. The minimum Gasteiger partial charge on any atom is -0.486 e. The van der Waals surface area contributed by atoms with Crippen molar-refractivity contribution in [3.63, 3.8) is 0 Å². The van der Waals surface area contributed by atoms with E-state index in [-0.39, 0.29) is 12.5 Å². The molecule has 1 heterocycles. The first-order valence-corrected chi connectivity index (χ1v) is 10.2. The average Bonchev–Trinajstić information content (AvgIpc) is 3.14. The number of benzene rings is 3. The van der Waals surface area contributed by atoms with Gasteiger partial charge in [0.2, 0.25) is 5.91 Å². The molecule has 1 amide bonds. The number of rotatable bonds is 9. The van der Waals surface area contributed by atoms with Crippen molar-refractivity contribution < 1.29 is 9.53 Å². The lowest BCUT2D eigenvalue weighted by Crippen LogP contribution is -2.29. The van der Waals surface area contributed by atoms with Crippen molar-refractivity contribution in [2.45, 2.75) is 26.0 Å². The molecule has 0 unspecified atom stereocenters. The summed E-state index contributed by atoms with van der Waals surface area (Å²) in [6, 6.07) is 27.8. The minimum atomic E-state index is -0.0211. The second kappa shape index (κ2) is 9.74. The van der Waals surface area contributed by atoms with Crippen LogP contribution in [0, 0.1) is 0 Å². The van der Waals surface area contributed by atoms with E-state index in [4.69, 9.17) is 4.74 Å². The minimum absolute atomic E-state index is 0.0211. The number of nitrogens with zero attached hydrogens (tertiary/aromatic N) is 2. The van der Waals surface area contributed by atoms with Crippen LogP contribution in [0.3, 0.4) is 0 Å². The molecule has 0 saturated heterocycles. The zero-order valence-corrected chi connectivity index (χ0v) is 16.8. The summed E-state index contributed by atoms with van der Waals surface area (Å²) in [4.78, 5) is 17.3. The number of nitrogens with one attached hydrogen (secondary N) is 1. The zero-order chi connectivity index (χ0) is 20.6. The molecule has 0 spiro atoms. The monoisotopic (exact) mass is 399 g/mol. The van der Waals surface area contributed by atoms with Crippen LogP contribution in [0.5, 0.6) is 5.75 Å². The average molecular weight is 399 g/mol. The summed E-state index contributed by atoms with van der Waals surface area (Å²) < 4.78 is 7.81. The van der Waals surface area contributed by atoms with Crippen molar-refractivity contribution in [2.75, 3.05) is 6.54 Å². The van der Waals surface area contributed by atoms with Crippen molar-refractivity contribution in [3.8, 4) is 5.75 Å². The molecular weight excluding hydrogens is 374 g/mol. The summed E-state index contributed by atoms with van der Waals surface area (Å²) in [5, 5.41) is 3.03. The fraction of sp³-hybridized carbons (Fsp3) is 0.200. The van der Waals surface area contributed by atoms with Gasteiger partial charge in [0.05, 0.1) is 11.0 Å². The number of carbonyl (C=O) groups is 1. The third-order valence-electron chi connectivity index (χ3n) is 4.95. The molecule has 1 N–H and O–H groups in total. The molecule has 0 aliphatic heterocycles. The molecule has 152 valence electrons. The predicted octanol–water partition coefficient (Wildman–Crippen LogP) is 4.36. The van der Waals surface area contributed by atoms with Crippen molar-refractivity contribution in [1.29, 1.82) is 0 Å². The third kappa shape index (κ3) is 5.06. The Balaban J connectivity index is 1.38. The second-order valence-electron chi connectivity index (χ2n) is 7.14. The van der Waals surface area contributed by atoms with Crippen LogP contribution in [-0.4, -0.2) is 22.0 Å². The van der Waals surface area contributed by atoms with E-state index in [1.54, 1.807) is 0 Å². The summed E-state index contributed by atoms with van der Waals surface area (Å²) in [5.74, 6) is 1.49. The van der Waals surface area contributed by atoms with E-state index < -0.39 is 0 Å². The van der Waals surface area contributed by atoms with Gasteiger partial charge in [-0.15, -0.1) is 0 Å². The first-order chi connectivity index (χ1) is 14.8. The number of hydrogen-bond acceptors (Lipinski definition) is 3. The van der Waals surface area contributed by atoms with E-state index in [9.17, 15) is 4.79 Å². The van der Waals surface area contributed by atoms with Crippen LogP contribution in [0.2, 0.25) is 0 Å². The highest BCUT2D eigenvalue weighted by Gasteiger charge is 2.14. The van der Waals surface area contributed by atoms with Crippen molar-refractivity contribution in [2.24, 2.45) is 0 Å². The number of amides is 1. The summed E-state index contributed by atoms with van der Waals surface area (Å²) in [5.41, 5.74) is 3.08. The maximum atomic E-state index is 12.6. The molecule has 0 aliphatic rings. The van der Waals surface area contributed by atoms with Gasteiger partial charge in [0, 0.05) is 6.54 Å². The second-order valence-corrected chi connectivity index (χ2v) is 7.14. The zero-order valence-electron chi connectivity index (χ0n) is 16.8. The number of carbonyl (C=O) groups excluding carboxylic acids is 1. The predicted molar refractivity (Wildman–Crippen MR) is 118 cm³/mol. The normalized spacial score (nSPS) is 10.8. The van der Waals surface area contributed by atoms with Crippen LogP contribution in [0.15, 0.2) is 84.9 Å². The SMILES string of the molecule is O=C(Cn1c(COc2ccccc2)nc2ccccc21)NCCCc1ccccc1. The van der Waals surface area contributed by atoms with E-state index in [1.807, 2.05) is 77.4 Å². The molecule has 1 aromatic heterocycles. The first-order valence-electron chi connectivity index (χ1n) is 10.2. The number of hydrogen-bond donors (Lipinski definition) is 1. The number of fused-ring (bicyclic) bond motifs is 1. The summed E-state index contributed by atoms with van der Waals surface area (Å²) in [6.45, 7) is 1.18. The van der Waals surface area contributed by atoms with Gasteiger partial charge in [0.25, 0.3) is 0 Å². The molecule has 0 bridgehead atoms. The Morgan fingerprint density at radius 1 is 0.900 bits per heavy atom. The lowest BCUT2D eigenvalue weighted by Gasteiger charge is -2.11. The van der Waals surface area contributed by atoms with Gasteiger partial charge in [0.15, 0.2) is 0 Å². The van der Waals surface area contributed by atoms with Gasteiger partial charge in [-0.25, -0.2) is 4.98 Å². The van der Waals surface area contributed by atoms with E-state index in [1.165, 1.54) is 5.56 Å². The topological polar surface area (TPSA) is 56.2 Å². The Labute approximate surface area is 176 Å². The van der Waals surface area contributed by atoms with Crippen LogP contribution < -0.4 is 10.1 Å². The molecule has 3 aromatic carbocycles. The molecule has 30 heavy (non-hydrogen) atoms. The lowest BCUT2D eigenvalue weighted by molar-refractivity contribution is -0.121. The highest BCUT2D eigenvalue weighted by atomic mass is 16.5. The molecular formula is C25H25N3O2. The van der Waals surface area contributed by atoms with Crippen molar-refractivity contribution in [1.82, 2.24) is 14.9 Å². The van der Waals surface area contributed by atoms with Gasteiger partial charge in [-0.1, -0.05) is 60.7 Å². The van der Waals surface area contributed by atoms with E-state index in [0.717, 1.165) is 35.4 Å². The van der Waals surface area contributed by atoms with Crippen molar-refractivity contribution >= 4 is 16.9 Å². The molecule has 0 radical (unpaired) electrons. The number of imidazole rings is 1. The van der Waals surface area contributed by atoms with Crippen molar-refractivity contribution in [3.05, 3.63) is 96.3 Å². The molecule has 0 fully saturated rings. The Bertz CT molecular complexity index is 1090. The van der Waals surface area contributed by atoms with Crippen LogP contribution >= 0.6 is 0 Å².